The van der Waals surface area contributed by atoms with Gasteiger partial charge in [0.15, 0.2) is 5.65 Å². The topological polar surface area (TPSA) is 79.8 Å². The molecule has 0 saturated carbocycles. The van der Waals surface area contributed by atoms with Crippen LogP contribution in [0.15, 0.2) is 29.2 Å². The predicted molar refractivity (Wildman–Crippen MR) is 73.4 cm³/mol. The second-order valence-corrected chi connectivity index (χ2v) is 5.29. The number of hydrogen-bond acceptors (Lipinski definition) is 4. The largest absolute Gasteiger partial charge is 0.394 e. The van der Waals surface area contributed by atoms with Crippen LogP contribution in [-0.4, -0.2) is 49.3 Å². The van der Waals surface area contributed by atoms with Gasteiger partial charge in [0.25, 0.3) is 0 Å². The van der Waals surface area contributed by atoms with Crippen molar-refractivity contribution in [3.8, 4) is 0 Å². The van der Waals surface area contributed by atoms with E-state index in [9.17, 15) is 14.7 Å². The van der Waals surface area contributed by atoms with Gasteiger partial charge < -0.3 is 10.0 Å². The zero-order valence-electron chi connectivity index (χ0n) is 11.8. The number of aliphatic hydroxyl groups is 1. The van der Waals surface area contributed by atoms with E-state index in [1.54, 1.807) is 45.3 Å². The molecule has 7 heteroatoms. The normalized spacial score (nSPS) is 11.8. The number of aliphatic hydroxyl groups excluding tert-OH is 1. The molecular weight excluding hydrogens is 260 g/mol. The zero-order valence-corrected chi connectivity index (χ0v) is 11.8. The van der Waals surface area contributed by atoms with Gasteiger partial charge in [-0.3, -0.25) is 9.20 Å². The van der Waals surface area contributed by atoms with Crippen LogP contribution in [0.5, 0.6) is 0 Å². The number of carbonyl (C=O) groups excluding carboxylic acids is 1. The monoisotopic (exact) mass is 278 g/mol. The molecule has 0 fully saturated rings. The van der Waals surface area contributed by atoms with Crippen molar-refractivity contribution in [1.82, 2.24) is 19.1 Å². The third-order valence-electron chi connectivity index (χ3n) is 3.44. The SMILES string of the molecule is CN(C(=O)Cn1nc2ccccn2c1=O)C(C)(C)CO. The molecular formula is C13H18N4O3. The maximum atomic E-state index is 12.2. The minimum atomic E-state index is -0.681. The minimum absolute atomic E-state index is 0.152. The Morgan fingerprint density at radius 2 is 2.15 bits per heavy atom. The van der Waals surface area contributed by atoms with Gasteiger partial charge in [0, 0.05) is 13.2 Å². The van der Waals surface area contributed by atoms with Crippen molar-refractivity contribution in [1.29, 1.82) is 0 Å². The van der Waals surface area contributed by atoms with Gasteiger partial charge in [-0.15, -0.1) is 5.10 Å². The van der Waals surface area contributed by atoms with Crippen molar-refractivity contribution >= 4 is 11.6 Å². The Bertz CT molecular complexity index is 686. The summed E-state index contributed by atoms with van der Waals surface area (Å²) in [7, 11) is 1.60. The van der Waals surface area contributed by atoms with Crippen molar-refractivity contribution in [3.05, 3.63) is 34.9 Å². The van der Waals surface area contributed by atoms with Gasteiger partial charge >= 0.3 is 5.69 Å². The molecule has 7 nitrogen and oxygen atoms in total. The van der Waals surface area contributed by atoms with Gasteiger partial charge in [-0.05, 0) is 26.0 Å². The first kappa shape index (κ1) is 14.3. The van der Waals surface area contributed by atoms with E-state index in [1.165, 1.54) is 9.30 Å². The molecule has 0 aliphatic heterocycles. The fourth-order valence-corrected chi connectivity index (χ4v) is 1.75. The lowest BCUT2D eigenvalue weighted by atomic mass is 10.1. The highest BCUT2D eigenvalue weighted by Crippen LogP contribution is 2.11. The summed E-state index contributed by atoms with van der Waals surface area (Å²) >= 11 is 0. The molecule has 2 heterocycles. The minimum Gasteiger partial charge on any atom is -0.394 e. The summed E-state index contributed by atoms with van der Waals surface area (Å²) in [5.74, 6) is -0.283. The Morgan fingerprint density at radius 3 is 2.75 bits per heavy atom. The molecule has 0 atom stereocenters. The smallest absolute Gasteiger partial charge is 0.350 e. The Morgan fingerprint density at radius 1 is 1.45 bits per heavy atom. The van der Waals surface area contributed by atoms with E-state index in [0.717, 1.165) is 4.68 Å². The van der Waals surface area contributed by atoms with E-state index in [0.29, 0.717) is 5.65 Å². The Kier molecular flexibility index (Phi) is 3.63. The van der Waals surface area contributed by atoms with Crippen LogP contribution in [0, 0.1) is 0 Å². The number of rotatable bonds is 4. The second-order valence-electron chi connectivity index (χ2n) is 5.29. The van der Waals surface area contributed by atoms with Crippen molar-refractivity contribution < 1.29 is 9.90 Å². The third kappa shape index (κ3) is 2.44. The Balaban J connectivity index is 2.27. The molecule has 0 aliphatic rings. The van der Waals surface area contributed by atoms with Crippen molar-refractivity contribution in [3.63, 3.8) is 0 Å². The average Bonchev–Trinajstić information content (AvgIpc) is 2.75. The Hall–Kier alpha value is -2.15. The highest BCUT2D eigenvalue weighted by Gasteiger charge is 2.27. The van der Waals surface area contributed by atoms with Crippen molar-refractivity contribution in [2.45, 2.75) is 25.9 Å². The highest BCUT2D eigenvalue weighted by atomic mass is 16.3. The first-order valence-corrected chi connectivity index (χ1v) is 6.28. The van der Waals surface area contributed by atoms with E-state index >= 15 is 0 Å². The maximum Gasteiger partial charge on any atom is 0.350 e. The number of carbonyl (C=O) groups is 1. The molecule has 0 unspecified atom stereocenters. The van der Waals surface area contributed by atoms with Crippen molar-refractivity contribution in [2.75, 3.05) is 13.7 Å². The molecule has 0 saturated heterocycles. The van der Waals surface area contributed by atoms with Gasteiger partial charge in [-0.25, -0.2) is 9.48 Å². The van der Waals surface area contributed by atoms with Gasteiger partial charge in [-0.1, -0.05) is 6.07 Å². The number of pyridine rings is 1. The lowest BCUT2D eigenvalue weighted by Gasteiger charge is -2.33. The lowest BCUT2D eigenvalue weighted by Crippen LogP contribution is -2.49. The lowest BCUT2D eigenvalue weighted by molar-refractivity contribution is -0.136. The molecule has 2 aromatic rings. The van der Waals surface area contributed by atoms with Crippen molar-refractivity contribution in [2.24, 2.45) is 0 Å². The summed E-state index contributed by atoms with van der Waals surface area (Å²) in [5.41, 5.74) is -0.543. The molecule has 2 rings (SSSR count). The van der Waals surface area contributed by atoms with Crippen LogP contribution in [0.2, 0.25) is 0 Å². The summed E-state index contributed by atoms with van der Waals surface area (Å²) in [6.07, 6.45) is 1.60. The van der Waals surface area contributed by atoms with E-state index in [1.807, 2.05) is 0 Å². The number of aromatic nitrogens is 3. The number of fused-ring (bicyclic) bond motifs is 1. The van der Waals surface area contributed by atoms with Crippen LogP contribution >= 0.6 is 0 Å². The summed E-state index contributed by atoms with van der Waals surface area (Å²) < 4.78 is 2.51. The van der Waals surface area contributed by atoms with Gasteiger partial charge in [0.1, 0.15) is 6.54 Å². The van der Waals surface area contributed by atoms with E-state index in [4.69, 9.17) is 0 Å². The molecule has 108 valence electrons. The summed E-state index contributed by atoms with van der Waals surface area (Å²) in [6.45, 7) is 3.18. The van der Waals surface area contributed by atoms with Crippen LogP contribution in [-0.2, 0) is 11.3 Å². The van der Waals surface area contributed by atoms with Crippen LogP contribution < -0.4 is 5.69 Å². The average molecular weight is 278 g/mol. The van der Waals surface area contributed by atoms with Gasteiger partial charge in [0.2, 0.25) is 5.91 Å². The van der Waals surface area contributed by atoms with E-state index in [-0.39, 0.29) is 24.7 Å². The predicted octanol–water partition coefficient (Wildman–Crippen LogP) is -0.275. The van der Waals surface area contributed by atoms with Gasteiger partial charge in [-0.2, -0.15) is 0 Å². The number of nitrogens with zero attached hydrogens (tertiary/aromatic N) is 4. The molecule has 0 aliphatic carbocycles. The highest BCUT2D eigenvalue weighted by molar-refractivity contribution is 5.76. The molecule has 0 radical (unpaired) electrons. The summed E-state index contributed by atoms with van der Waals surface area (Å²) in [5, 5.41) is 13.4. The number of hydrogen-bond donors (Lipinski definition) is 1. The molecule has 0 aromatic carbocycles. The standard InChI is InChI=1S/C13H18N4O3/c1-13(2,9-18)15(3)11(19)8-17-12(20)16-7-5-4-6-10(16)14-17/h4-7,18H,8-9H2,1-3H3. The first-order chi connectivity index (χ1) is 9.36. The maximum absolute atomic E-state index is 12.2. The Labute approximate surface area is 116 Å². The number of likely N-dealkylation sites (N-methyl/N-ethyl adjacent to an activating group) is 1. The molecule has 1 N–H and O–H groups in total. The molecule has 0 spiro atoms. The van der Waals surface area contributed by atoms with E-state index in [2.05, 4.69) is 5.10 Å². The summed E-state index contributed by atoms with van der Waals surface area (Å²) in [6, 6.07) is 5.20. The second kappa shape index (κ2) is 5.09. The first-order valence-electron chi connectivity index (χ1n) is 6.28. The van der Waals surface area contributed by atoms with Crippen LogP contribution in [0.25, 0.3) is 5.65 Å². The molecule has 2 aromatic heterocycles. The van der Waals surface area contributed by atoms with Crippen LogP contribution in [0.1, 0.15) is 13.8 Å². The molecule has 20 heavy (non-hydrogen) atoms. The third-order valence-corrected chi connectivity index (χ3v) is 3.44. The van der Waals surface area contributed by atoms with Crippen LogP contribution in [0.3, 0.4) is 0 Å². The molecule has 0 bridgehead atoms. The zero-order chi connectivity index (χ0) is 14.9. The molecule has 1 amide bonds. The van der Waals surface area contributed by atoms with E-state index < -0.39 is 5.54 Å². The van der Waals surface area contributed by atoms with Gasteiger partial charge in [0.05, 0.1) is 12.1 Å². The fourth-order valence-electron chi connectivity index (χ4n) is 1.75. The number of amides is 1. The summed E-state index contributed by atoms with van der Waals surface area (Å²) in [4.78, 5) is 25.6. The van der Waals surface area contributed by atoms with Crippen LogP contribution in [0.4, 0.5) is 0 Å². The fraction of sp³-hybridized carbons (Fsp3) is 0.462. The quantitative estimate of drug-likeness (QED) is 0.834.